The van der Waals surface area contributed by atoms with E-state index < -0.39 is 0 Å². The van der Waals surface area contributed by atoms with E-state index in [1.54, 1.807) is 0 Å². The van der Waals surface area contributed by atoms with Gasteiger partial charge in [-0.3, -0.25) is 4.57 Å². The molecule has 682 valence electrons. The van der Waals surface area contributed by atoms with Crippen molar-refractivity contribution in [2.24, 2.45) is 0 Å². The number of furan rings is 1. The van der Waals surface area contributed by atoms with E-state index in [0.29, 0.717) is 40.9 Å². The van der Waals surface area contributed by atoms with Crippen molar-refractivity contribution in [1.82, 2.24) is 58.1 Å². The zero-order valence-corrected chi connectivity index (χ0v) is 79.3. The van der Waals surface area contributed by atoms with Crippen molar-refractivity contribution in [2.75, 3.05) is 0 Å². The molecule has 0 atom stereocenters. The number of rotatable bonds is 13. The van der Waals surface area contributed by atoms with Crippen molar-refractivity contribution >= 4 is 162 Å². The van der Waals surface area contributed by atoms with E-state index in [2.05, 4.69) is 376 Å². The zero-order chi connectivity index (χ0) is 96.2. The maximum Gasteiger partial charge on any atom is 0.235 e. The highest BCUT2D eigenvalue weighted by Gasteiger charge is 2.28. The van der Waals surface area contributed by atoms with Crippen LogP contribution in [-0.2, 0) is 0 Å². The van der Waals surface area contributed by atoms with Gasteiger partial charge in [0.25, 0.3) is 0 Å². The van der Waals surface area contributed by atoms with E-state index in [9.17, 15) is 0 Å². The average molecular weight is 1880 g/mol. The minimum absolute atomic E-state index is 0.627. The van der Waals surface area contributed by atoms with Crippen molar-refractivity contribution in [3.05, 3.63) is 497 Å². The number of hydrogen-bond acceptors (Lipinski definition) is 10. The highest BCUT2D eigenvalue weighted by Crippen LogP contribution is 2.51. The second-order valence-electron chi connectivity index (χ2n) is 36.7. The van der Waals surface area contributed by atoms with Crippen LogP contribution in [0.4, 0.5) is 0 Å². The van der Waals surface area contributed by atoms with Crippen LogP contribution in [0.2, 0.25) is 0 Å². The first-order valence-electron chi connectivity index (χ1n) is 49.0. The number of para-hydroxylation sites is 6. The molecule has 0 saturated carbocycles. The second kappa shape index (κ2) is 35.4. The lowest BCUT2D eigenvalue weighted by atomic mass is 9.99. The lowest BCUT2D eigenvalue weighted by molar-refractivity contribution is 0.671. The summed E-state index contributed by atoms with van der Waals surface area (Å²) in [5.74, 6) is 4.52. The first-order chi connectivity index (χ1) is 72.4. The predicted molar refractivity (Wildman–Crippen MR) is 603 cm³/mol. The van der Waals surface area contributed by atoms with Gasteiger partial charge in [-0.25, -0.2) is 39.9 Å². The largest absolute Gasteiger partial charge is 0.454 e. The van der Waals surface area contributed by atoms with Crippen LogP contribution in [0.3, 0.4) is 0 Å². The van der Waals surface area contributed by atoms with Crippen molar-refractivity contribution < 1.29 is 4.42 Å². The van der Waals surface area contributed by atoms with Gasteiger partial charge in [0.05, 0.1) is 60.2 Å². The van der Waals surface area contributed by atoms with Gasteiger partial charge in [0.15, 0.2) is 40.5 Å². The zero-order valence-electron chi connectivity index (χ0n) is 78.5. The van der Waals surface area contributed by atoms with Crippen molar-refractivity contribution in [3.8, 4) is 125 Å². The lowest BCUT2D eigenvalue weighted by Crippen LogP contribution is -2.04. The van der Waals surface area contributed by atoms with Crippen LogP contribution in [0.25, 0.3) is 276 Å². The number of aromatic nitrogens is 12. The molecule has 0 aliphatic heterocycles. The molecule has 0 amide bonds. The molecule has 0 radical (unpaired) electrons. The molecule has 0 saturated heterocycles. The summed E-state index contributed by atoms with van der Waals surface area (Å²) in [6.07, 6.45) is 0. The quantitative estimate of drug-likeness (QED) is 0.110. The third kappa shape index (κ3) is 14.4. The van der Waals surface area contributed by atoms with Crippen LogP contribution in [-0.4, -0.2) is 58.1 Å². The molecule has 0 bridgehead atoms. The number of thiophene rings is 1. The van der Waals surface area contributed by atoms with Gasteiger partial charge in [-0.1, -0.05) is 376 Å². The number of nitrogens with zero attached hydrogens (tertiary/aromatic N) is 12. The molecule has 13 nitrogen and oxygen atoms in total. The summed E-state index contributed by atoms with van der Waals surface area (Å²) < 4.78 is 18.7. The van der Waals surface area contributed by atoms with Gasteiger partial charge in [0, 0.05) is 131 Å². The molecule has 9 aromatic heterocycles. The Morgan fingerprint density at radius 1 is 0.178 bits per heavy atom. The normalized spacial score (nSPS) is 11.7. The fourth-order valence-electron chi connectivity index (χ4n) is 21.6. The third-order valence-electron chi connectivity index (χ3n) is 28.2. The highest BCUT2D eigenvalue weighted by molar-refractivity contribution is 7.27. The van der Waals surface area contributed by atoms with E-state index in [1.165, 1.54) is 107 Å². The molecule has 146 heavy (non-hydrogen) atoms. The molecule has 0 fully saturated rings. The molecule has 21 aromatic carbocycles. The Labute approximate surface area is 841 Å². The van der Waals surface area contributed by atoms with Crippen LogP contribution in [0.15, 0.2) is 502 Å². The van der Waals surface area contributed by atoms with Gasteiger partial charge in [0.2, 0.25) is 5.95 Å². The first kappa shape index (κ1) is 84.5. The fraction of sp³-hybridized carbons (Fsp3) is 0. The average Bonchev–Trinajstić information content (AvgIpc) is 1.54. The molecule has 0 spiro atoms. The van der Waals surface area contributed by atoms with Crippen LogP contribution < -0.4 is 0 Å². The van der Waals surface area contributed by atoms with Gasteiger partial charge >= 0.3 is 0 Å². The third-order valence-corrected chi connectivity index (χ3v) is 29.4. The maximum atomic E-state index is 6.72. The molecule has 30 rings (SSSR count). The summed E-state index contributed by atoms with van der Waals surface area (Å²) in [6, 6.07) is 174. The molecular formula is C132H82N12OS. The van der Waals surface area contributed by atoms with Gasteiger partial charge in [0.1, 0.15) is 5.58 Å². The summed E-state index contributed by atoms with van der Waals surface area (Å²) in [7, 11) is 0. The fourth-order valence-corrected chi connectivity index (χ4v) is 22.9. The Morgan fingerprint density at radius 2 is 0.493 bits per heavy atom. The highest BCUT2D eigenvalue weighted by atomic mass is 32.1. The van der Waals surface area contributed by atoms with Crippen molar-refractivity contribution in [2.45, 2.75) is 0 Å². The molecule has 0 aliphatic rings. The van der Waals surface area contributed by atoms with Crippen LogP contribution in [0, 0.1) is 0 Å². The Bertz CT molecular complexity index is 9800. The SMILES string of the molecule is c1ccc(-c2cc(-c3ccccc3)nc(-n3c4ccccc4c4ccc(-c5ccc6c(c5)c5ccccc5n6-c5ccccc5)cc43)n2)cc1.c1ccc(-c2nc(-c3ccccc3)nc(-c3ccc(-n4c5ccccc5c5c6ccccc6c6c7ccccc7oc6c54)cc3)n2)cc1.c1ccc(-c2nc(-c3ccccc3)nc(-c3ccc(-n4c5ccccc5c5c6ccccc6c6c7ccccc7sc6c54)cc3)n2)cc1. The molecule has 0 aliphatic carbocycles. The maximum absolute atomic E-state index is 6.72. The first-order valence-corrected chi connectivity index (χ1v) is 49.8. The lowest BCUT2D eigenvalue weighted by Gasteiger charge is -2.12. The van der Waals surface area contributed by atoms with Gasteiger partial charge < -0.3 is 18.1 Å². The van der Waals surface area contributed by atoms with E-state index in [-0.39, 0.29) is 0 Å². The number of fused-ring (bicyclic) bond motifs is 26. The van der Waals surface area contributed by atoms with Gasteiger partial charge in [-0.2, -0.15) is 0 Å². The topological polar surface area (TPSA) is 136 Å². The summed E-state index contributed by atoms with van der Waals surface area (Å²) in [4.78, 5) is 40.0. The molecule has 30 aromatic rings. The molecule has 14 heteroatoms. The molecule has 0 unspecified atom stereocenters. The second-order valence-corrected chi connectivity index (χ2v) is 37.7. The van der Waals surface area contributed by atoms with Crippen molar-refractivity contribution in [3.63, 3.8) is 0 Å². The van der Waals surface area contributed by atoms with Crippen LogP contribution in [0.1, 0.15) is 0 Å². The van der Waals surface area contributed by atoms with Crippen molar-refractivity contribution in [1.29, 1.82) is 0 Å². The van der Waals surface area contributed by atoms with Crippen LogP contribution in [0.5, 0.6) is 0 Å². The summed E-state index contributed by atoms with van der Waals surface area (Å²) in [5, 5.41) is 19.6. The Hall–Kier alpha value is -19.5. The molecular weight excluding hydrogens is 1800 g/mol. The Morgan fingerprint density at radius 3 is 0.973 bits per heavy atom. The van der Waals surface area contributed by atoms with Crippen LogP contribution >= 0.6 is 11.3 Å². The minimum Gasteiger partial charge on any atom is -0.454 e. The minimum atomic E-state index is 0.627. The summed E-state index contributed by atoms with van der Waals surface area (Å²) >= 11 is 1.88. The smallest absolute Gasteiger partial charge is 0.235 e. The van der Waals surface area contributed by atoms with E-state index in [0.717, 1.165) is 128 Å². The number of benzene rings is 21. The monoisotopic (exact) mass is 1880 g/mol. The Balaban J connectivity index is 0.000000106. The van der Waals surface area contributed by atoms with E-state index in [4.69, 9.17) is 44.3 Å². The summed E-state index contributed by atoms with van der Waals surface area (Å²) in [5.41, 5.74) is 26.1. The molecule has 0 N–H and O–H groups in total. The van der Waals surface area contributed by atoms with E-state index >= 15 is 0 Å². The standard InChI is InChI=1S/C46H30N4.C43H26N4O.C43H26N4S/c1-4-14-31(15-5-1)40-30-41(32-16-6-2-7-17-32)48-46(47-40)50-43-23-13-10-20-36(43)38-26-24-34(29-45(38)50)33-25-27-44-39(28-33)37-21-11-12-22-42(37)49(44)35-18-8-3-9-19-35;2*1-3-13-27(14-4-1)41-44-42(28-15-5-2-6-16-28)46-43(45-41)29-23-25-30(26-24-29)47-35-21-11-9-19-33(35)37-31-17-7-8-18-32(31)38-34-20-10-12-22-36(34)48-40(38)39(37)47/h1-30H;2*1-26H. The number of hydrogen-bond donors (Lipinski definition) is 0. The summed E-state index contributed by atoms with van der Waals surface area (Å²) in [6.45, 7) is 0. The predicted octanol–water partition coefficient (Wildman–Crippen LogP) is 34.2. The van der Waals surface area contributed by atoms with Gasteiger partial charge in [-0.15, -0.1) is 11.3 Å². The Kier molecular flexibility index (Phi) is 20.5. The molecule has 9 heterocycles. The van der Waals surface area contributed by atoms with Gasteiger partial charge in [-0.05, 0) is 154 Å². The van der Waals surface area contributed by atoms with E-state index in [1.807, 2.05) is 151 Å².